The van der Waals surface area contributed by atoms with Crippen LogP contribution in [-0.4, -0.2) is 30.2 Å². The molecular formula is C19H19N3O4. The number of ether oxygens (including phenoxy) is 1. The molecule has 0 aromatic heterocycles. The normalized spacial score (nSPS) is 10.3. The fourth-order valence-electron chi connectivity index (χ4n) is 2.14. The van der Waals surface area contributed by atoms with E-state index in [1.165, 1.54) is 13.3 Å². The first kappa shape index (κ1) is 18.7. The number of hydrazone groups is 1. The molecule has 0 radical (unpaired) electrons. The highest BCUT2D eigenvalue weighted by Crippen LogP contribution is 2.21. The molecule has 134 valence electrons. The van der Waals surface area contributed by atoms with E-state index in [9.17, 15) is 14.7 Å². The Hall–Kier alpha value is -3.61. The quantitative estimate of drug-likeness (QED) is 0.321. The lowest BCUT2D eigenvalue weighted by molar-refractivity contribution is -0.136. The van der Waals surface area contributed by atoms with E-state index in [1.54, 1.807) is 48.5 Å². The number of phenolic OH excluding ortho intramolecular Hbond substituents is 1. The summed E-state index contributed by atoms with van der Waals surface area (Å²) in [5, 5.41) is 16.2. The molecule has 0 heterocycles. The molecular weight excluding hydrogens is 334 g/mol. The van der Waals surface area contributed by atoms with Crippen molar-refractivity contribution < 1.29 is 19.4 Å². The van der Waals surface area contributed by atoms with E-state index in [2.05, 4.69) is 22.4 Å². The first-order valence-corrected chi connectivity index (χ1v) is 7.75. The Balaban J connectivity index is 1.97. The van der Waals surface area contributed by atoms with E-state index in [4.69, 9.17) is 4.74 Å². The molecule has 0 aliphatic heterocycles. The first-order chi connectivity index (χ1) is 12.5. The molecule has 0 atom stereocenters. The van der Waals surface area contributed by atoms with E-state index >= 15 is 0 Å². The number of nitrogens with zero attached hydrogens (tertiary/aromatic N) is 1. The molecule has 0 unspecified atom stereocenters. The van der Waals surface area contributed by atoms with E-state index in [0.717, 1.165) is 0 Å². The van der Waals surface area contributed by atoms with E-state index in [1.807, 2.05) is 0 Å². The average molecular weight is 353 g/mol. The molecule has 2 aromatic rings. The third-order valence-electron chi connectivity index (χ3n) is 3.42. The minimum absolute atomic E-state index is 0.0474. The van der Waals surface area contributed by atoms with Gasteiger partial charge in [-0.05, 0) is 30.2 Å². The first-order valence-electron chi connectivity index (χ1n) is 7.75. The Morgan fingerprint density at radius 3 is 2.73 bits per heavy atom. The van der Waals surface area contributed by atoms with Crippen LogP contribution in [0.1, 0.15) is 11.1 Å². The molecule has 2 aromatic carbocycles. The minimum atomic E-state index is -0.939. The number of methoxy groups -OCH3 is 1. The minimum Gasteiger partial charge on any atom is -0.507 e. The lowest BCUT2D eigenvalue weighted by Crippen LogP contribution is -2.32. The number of phenols is 1. The van der Waals surface area contributed by atoms with Crippen LogP contribution in [0.3, 0.4) is 0 Å². The Bertz CT molecular complexity index is 846. The fraction of sp³-hybridized carbons (Fsp3) is 0.105. The maximum atomic E-state index is 11.9. The van der Waals surface area contributed by atoms with Crippen molar-refractivity contribution in [2.24, 2.45) is 5.10 Å². The van der Waals surface area contributed by atoms with Gasteiger partial charge in [0.2, 0.25) is 0 Å². The van der Waals surface area contributed by atoms with Gasteiger partial charge in [-0.2, -0.15) is 5.10 Å². The maximum Gasteiger partial charge on any atom is 0.329 e. The van der Waals surface area contributed by atoms with Gasteiger partial charge in [-0.15, -0.1) is 6.58 Å². The van der Waals surface area contributed by atoms with Crippen molar-refractivity contribution in [3.05, 3.63) is 66.2 Å². The molecule has 2 rings (SSSR count). The van der Waals surface area contributed by atoms with Crippen LogP contribution in [0.4, 0.5) is 5.69 Å². The van der Waals surface area contributed by atoms with Crippen LogP contribution in [0.5, 0.6) is 11.5 Å². The zero-order valence-corrected chi connectivity index (χ0v) is 14.2. The second kappa shape index (κ2) is 9.03. The topological polar surface area (TPSA) is 100 Å². The van der Waals surface area contributed by atoms with Crippen LogP contribution in [0, 0.1) is 0 Å². The number of carbonyl (C=O) groups excluding carboxylic acids is 2. The molecule has 0 saturated carbocycles. The third-order valence-corrected chi connectivity index (χ3v) is 3.42. The van der Waals surface area contributed by atoms with Gasteiger partial charge in [0.05, 0.1) is 13.3 Å². The van der Waals surface area contributed by atoms with Crippen LogP contribution in [0.25, 0.3) is 0 Å². The second-order valence-corrected chi connectivity index (χ2v) is 5.23. The highest BCUT2D eigenvalue weighted by atomic mass is 16.5. The lowest BCUT2D eigenvalue weighted by atomic mass is 10.1. The molecule has 0 fully saturated rings. The SMILES string of the molecule is C=CCc1cccc(/C=N\NC(=O)C(=O)Nc2cccc(OC)c2)c1O. The molecule has 0 aliphatic rings. The highest BCUT2D eigenvalue weighted by molar-refractivity contribution is 6.39. The van der Waals surface area contributed by atoms with Gasteiger partial charge in [0.1, 0.15) is 11.5 Å². The van der Waals surface area contributed by atoms with Crippen LogP contribution in [0.2, 0.25) is 0 Å². The lowest BCUT2D eigenvalue weighted by Gasteiger charge is -2.06. The molecule has 7 heteroatoms. The summed E-state index contributed by atoms with van der Waals surface area (Å²) in [6.45, 7) is 3.62. The zero-order valence-electron chi connectivity index (χ0n) is 14.2. The van der Waals surface area contributed by atoms with Gasteiger partial charge in [0, 0.05) is 17.3 Å². The number of aromatic hydroxyl groups is 1. The molecule has 0 spiro atoms. The van der Waals surface area contributed by atoms with E-state index in [0.29, 0.717) is 29.0 Å². The highest BCUT2D eigenvalue weighted by Gasteiger charge is 2.13. The van der Waals surface area contributed by atoms with E-state index in [-0.39, 0.29) is 5.75 Å². The van der Waals surface area contributed by atoms with Crippen molar-refractivity contribution in [1.82, 2.24) is 5.43 Å². The number of anilines is 1. The Kier molecular flexibility index (Phi) is 6.50. The van der Waals surface area contributed by atoms with Gasteiger partial charge in [-0.25, -0.2) is 5.43 Å². The molecule has 3 N–H and O–H groups in total. The van der Waals surface area contributed by atoms with Crippen LogP contribution in [0.15, 0.2) is 60.2 Å². The Morgan fingerprint density at radius 1 is 1.23 bits per heavy atom. The second-order valence-electron chi connectivity index (χ2n) is 5.23. The number of nitrogens with one attached hydrogen (secondary N) is 2. The van der Waals surface area contributed by atoms with Crippen molar-refractivity contribution in [2.75, 3.05) is 12.4 Å². The van der Waals surface area contributed by atoms with Crippen molar-refractivity contribution in [1.29, 1.82) is 0 Å². The van der Waals surface area contributed by atoms with Gasteiger partial charge < -0.3 is 15.2 Å². The standard InChI is InChI=1S/C19H19N3O4/c1-3-6-13-7-4-8-14(17(13)23)12-20-22-19(25)18(24)21-15-9-5-10-16(11-15)26-2/h3-5,7-12,23H,1,6H2,2H3,(H,21,24)(H,22,25)/b20-12-. The fourth-order valence-corrected chi connectivity index (χ4v) is 2.14. The summed E-state index contributed by atoms with van der Waals surface area (Å²) in [5.41, 5.74) is 3.63. The number of hydrogen-bond acceptors (Lipinski definition) is 5. The van der Waals surface area contributed by atoms with Crippen molar-refractivity contribution >= 4 is 23.7 Å². The summed E-state index contributed by atoms with van der Waals surface area (Å²) in [4.78, 5) is 23.7. The zero-order chi connectivity index (χ0) is 18.9. The summed E-state index contributed by atoms with van der Waals surface area (Å²) in [6, 6.07) is 11.7. The number of para-hydroxylation sites is 1. The number of rotatable bonds is 6. The van der Waals surface area contributed by atoms with Gasteiger partial charge in [-0.3, -0.25) is 9.59 Å². The Labute approximate surface area is 151 Å². The van der Waals surface area contributed by atoms with Crippen molar-refractivity contribution in [3.63, 3.8) is 0 Å². The summed E-state index contributed by atoms with van der Waals surface area (Å²) in [6.07, 6.45) is 3.43. The van der Waals surface area contributed by atoms with E-state index < -0.39 is 11.8 Å². The average Bonchev–Trinajstić information content (AvgIpc) is 2.64. The number of benzene rings is 2. The molecule has 2 amide bonds. The number of allylic oxidation sites excluding steroid dienone is 1. The smallest absolute Gasteiger partial charge is 0.329 e. The van der Waals surface area contributed by atoms with Crippen LogP contribution < -0.4 is 15.5 Å². The largest absolute Gasteiger partial charge is 0.507 e. The number of hydrogen-bond donors (Lipinski definition) is 3. The van der Waals surface area contributed by atoms with Crippen LogP contribution in [-0.2, 0) is 16.0 Å². The number of amides is 2. The summed E-state index contributed by atoms with van der Waals surface area (Å²) in [7, 11) is 1.50. The summed E-state index contributed by atoms with van der Waals surface area (Å²) >= 11 is 0. The predicted octanol–water partition coefficient (Wildman–Crippen LogP) is 2.22. The van der Waals surface area contributed by atoms with Crippen LogP contribution >= 0.6 is 0 Å². The van der Waals surface area contributed by atoms with Crippen molar-refractivity contribution in [3.8, 4) is 11.5 Å². The van der Waals surface area contributed by atoms with Gasteiger partial charge in [0.25, 0.3) is 0 Å². The molecule has 0 saturated heterocycles. The number of carbonyl (C=O) groups is 2. The van der Waals surface area contributed by atoms with Gasteiger partial charge in [-0.1, -0.05) is 24.3 Å². The van der Waals surface area contributed by atoms with Gasteiger partial charge >= 0.3 is 11.8 Å². The Morgan fingerprint density at radius 2 is 2.00 bits per heavy atom. The molecule has 0 bridgehead atoms. The third kappa shape index (κ3) is 4.94. The molecule has 7 nitrogen and oxygen atoms in total. The van der Waals surface area contributed by atoms with Crippen molar-refractivity contribution in [2.45, 2.75) is 6.42 Å². The summed E-state index contributed by atoms with van der Waals surface area (Å²) in [5.74, 6) is -1.21. The maximum absolute atomic E-state index is 11.9. The summed E-state index contributed by atoms with van der Waals surface area (Å²) < 4.78 is 5.04. The predicted molar refractivity (Wildman–Crippen MR) is 99.4 cm³/mol. The molecule has 26 heavy (non-hydrogen) atoms. The van der Waals surface area contributed by atoms with Gasteiger partial charge in [0.15, 0.2) is 0 Å². The monoisotopic (exact) mass is 353 g/mol. The molecule has 0 aliphatic carbocycles.